The van der Waals surface area contributed by atoms with Gasteiger partial charge in [-0.05, 0) is 18.6 Å². The zero-order valence-corrected chi connectivity index (χ0v) is 14.4. The molecule has 2 rings (SSSR count). The molecule has 0 saturated carbocycles. The van der Waals surface area contributed by atoms with Crippen LogP contribution in [0.5, 0.6) is 0 Å². The van der Waals surface area contributed by atoms with Crippen molar-refractivity contribution in [3.8, 4) is 0 Å². The number of nitrogens with one attached hydrogen (secondary N) is 2. The van der Waals surface area contributed by atoms with E-state index in [0.717, 1.165) is 11.1 Å². The third-order valence-electron chi connectivity index (χ3n) is 3.31. The van der Waals surface area contributed by atoms with E-state index in [4.69, 9.17) is 17.0 Å². The van der Waals surface area contributed by atoms with Crippen molar-refractivity contribution in [1.82, 2.24) is 15.1 Å². The SMILES string of the molecule is COCCCNC(=S)Nc1ccn(Cc2c(F)c(F)c(F)c(F)c2F)n1. The molecule has 0 aliphatic heterocycles. The van der Waals surface area contributed by atoms with Crippen LogP contribution >= 0.6 is 12.2 Å². The lowest BCUT2D eigenvalue weighted by Crippen LogP contribution is -2.30. The highest BCUT2D eigenvalue weighted by atomic mass is 32.1. The lowest BCUT2D eigenvalue weighted by Gasteiger charge is -2.09. The topological polar surface area (TPSA) is 51.1 Å². The molecule has 0 atom stereocenters. The van der Waals surface area contributed by atoms with E-state index in [9.17, 15) is 22.0 Å². The van der Waals surface area contributed by atoms with E-state index in [1.54, 1.807) is 7.11 Å². The van der Waals surface area contributed by atoms with E-state index >= 15 is 0 Å². The molecular weight excluding hydrogens is 379 g/mol. The van der Waals surface area contributed by atoms with Gasteiger partial charge >= 0.3 is 0 Å². The van der Waals surface area contributed by atoms with Crippen molar-refractivity contribution < 1.29 is 26.7 Å². The summed E-state index contributed by atoms with van der Waals surface area (Å²) in [4.78, 5) is 0. The van der Waals surface area contributed by atoms with Crippen LogP contribution in [0.25, 0.3) is 0 Å². The average Bonchev–Trinajstić information content (AvgIpc) is 3.06. The normalized spacial score (nSPS) is 10.8. The number of hydrogen-bond donors (Lipinski definition) is 2. The molecule has 0 radical (unpaired) electrons. The molecule has 0 saturated heterocycles. The zero-order valence-electron chi connectivity index (χ0n) is 13.6. The van der Waals surface area contributed by atoms with Gasteiger partial charge in [0.25, 0.3) is 0 Å². The van der Waals surface area contributed by atoms with Gasteiger partial charge < -0.3 is 15.4 Å². The summed E-state index contributed by atoms with van der Waals surface area (Å²) in [5, 5.41) is 9.83. The second-order valence-corrected chi connectivity index (χ2v) is 5.58. The minimum atomic E-state index is -2.20. The summed E-state index contributed by atoms with van der Waals surface area (Å²) in [6, 6.07) is 1.44. The summed E-state index contributed by atoms with van der Waals surface area (Å²) in [7, 11) is 1.58. The minimum absolute atomic E-state index is 0.248. The first kappa shape index (κ1) is 20.0. The monoisotopic (exact) mass is 394 g/mol. The number of rotatable bonds is 7. The second kappa shape index (κ2) is 8.90. The molecule has 26 heavy (non-hydrogen) atoms. The van der Waals surface area contributed by atoms with Crippen molar-refractivity contribution in [2.45, 2.75) is 13.0 Å². The third-order valence-corrected chi connectivity index (χ3v) is 3.56. The Morgan fingerprint density at radius 1 is 1.12 bits per heavy atom. The summed E-state index contributed by atoms with van der Waals surface area (Å²) in [6.07, 6.45) is 2.04. The zero-order chi connectivity index (χ0) is 19.3. The summed E-state index contributed by atoms with van der Waals surface area (Å²) in [5.41, 5.74) is -0.976. The van der Waals surface area contributed by atoms with E-state index in [0.29, 0.717) is 13.2 Å². The number of ether oxygens (including phenoxy) is 1. The molecule has 5 nitrogen and oxygen atoms in total. The van der Waals surface area contributed by atoms with Crippen LogP contribution in [0.2, 0.25) is 0 Å². The molecule has 1 aromatic heterocycles. The number of nitrogens with zero attached hydrogens (tertiary/aromatic N) is 2. The maximum absolute atomic E-state index is 13.7. The fourth-order valence-corrected chi connectivity index (χ4v) is 2.25. The molecule has 0 fully saturated rings. The summed E-state index contributed by atoms with van der Waals surface area (Å²) in [6.45, 7) is 0.485. The van der Waals surface area contributed by atoms with Gasteiger partial charge in [0.05, 0.1) is 12.1 Å². The predicted octanol–water partition coefficient (Wildman–Crippen LogP) is 2.95. The fourth-order valence-electron chi connectivity index (χ4n) is 2.05. The number of halogens is 5. The quantitative estimate of drug-likeness (QED) is 0.249. The van der Waals surface area contributed by atoms with Crippen molar-refractivity contribution in [2.75, 3.05) is 25.6 Å². The van der Waals surface area contributed by atoms with E-state index in [2.05, 4.69) is 15.7 Å². The van der Waals surface area contributed by atoms with Gasteiger partial charge in [0, 0.05) is 32.5 Å². The molecule has 0 amide bonds. The van der Waals surface area contributed by atoms with Gasteiger partial charge in [-0.3, -0.25) is 4.68 Å². The van der Waals surface area contributed by atoms with Gasteiger partial charge in [-0.1, -0.05) is 0 Å². The Balaban J connectivity index is 2.04. The highest BCUT2D eigenvalue weighted by Crippen LogP contribution is 2.23. The van der Waals surface area contributed by atoms with Crippen LogP contribution in [0.4, 0.5) is 27.8 Å². The molecule has 1 heterocycles. The Bertz CT molecular complexity index is 770. The van der Waals surface area contributed by atoms with Gasteiger partial charge in [-0.15, -0.1) is 0 Å². The van der Waals surface area contributed by atoms with Crippen LogP contribution in [0.15, 0.2) is 12.3 Å². The molecule has 0 bridgehead atoms. The van der Waals surface area contributed by atoms with Crippen molar-refractivity contribution in [3.05, 3.63) is 46.9 Å². The van der Waals surface area contributed by atoms with E-state index in [1.165, 1.54) is 12.3 Å². The van der Waals surface area contributed by atoms with Gasteiger partial charge in [0.15, 0.2) is 34.2 Å². The molecule has 1 aromatic carbocycles. The Kier molecular flexibility index (Phi) is 6.86. The minimum Gasteiger partial charge on any atom is -0.385 e. The van der Waals surface area contributed by atoms with Crippen molar-refractivity contribution >= 4 is 23.1 Å². The highest BCUT2D eigenvalue weighted by Gasteiger charge is 2.25. The Labute approximate surface area is 151 Å². The van der Waals surface area contributed by atoms with Crippen LogP contribution in [-0.4, -0.2) is 35.2 Å². The first-order valence-corrected chi connectivity index (χ1v) is 7.83. The molecule has 0 unspecified atom stereocenters. The lowest BCUT2D eigenvalue weighted by atomic mass is 10.1. The van der Waals surface area contributed by atoms with Gasteiger partial charge in [-0.25, -0.2) is 22.0 Å². The van der Waals surface area contributed by atoms with E-state index < -0.39 is 41.2 Å². The van der Waals surface area contributed by atoms with Crippen molar-refractivity contribution in [1.29, 1.82) is 0 Å². The van der Waals surface area contributed by atoms with E-state index in [1.807, 2.05) is 0 Å². The maximum Gasteiger partial charge on any atom is 0.200 e. The number of hydrogen-bond acceptors (Lipinski definition) is 3. The van der Waals surface area contributed by atoms with Crippen molar-refractivity contribution in [2.24, 2.45) is 0 Å². The molecule has 0 aliphatic rings. The summed E-state index contributed by atoms with van der Waals surface area (Å²) in [5.74, 6) is -9.71. The Hall–Kier alpha value is -2.27. The van der Waals surface area contributed by atoms with Gasteiger partial charge in [0.1, 0.15) is 0 Å². The largest absolute Gasteiger partial charge is 0.385 e. The number of aromatic nitrogens is 2. The molecule has 0 aliphatic carbocycles. The highest BCUT2D eigenvalue weighted by molar-refractivity contribution is 7.80. The number of methoxy groups -OCH3 is 1. The van der Waals surface area contributed by atoms with Gasteiger partial charge in [0.2, 0.25) is 5.82 Å². The molecule has 2 N–H and O–H groups in total. The lowest BCUT2D eigenvalue weighted by molar-refractivity contribution is 0.196. The average molecular weight is 394 g/mol. The van der Waals surface area contributed by atoms with Gasteiger partial charge in [-0.2, -0.15) is 5.10 Å². The van der Waals surface area contributed by atoms with E-state index in [-0.39, 0.29) is 10.9 Å². The molecule has 2 aromatic rings. The smallest absolute Gasteiger partial charge is 0.200 e. The third kappa shape index (κ3) is 4.67. The molecular formula is C15H15F5N4OS. The molecule has 142 valence electrons. The molecule has 0 spiro atoms. The van der Waals surface area contributed by atoms with Crippen LogP contribution in [-0.2, 0) is 11.3 Å². The number of anilines is 1. The first-order valence-electron chi connectivity index (χ1n) is 7.42. The summed E-state index contributed by atoms with van der Waals surface area (Å²) >= 11 is 5.04. The van der Waals surface area contributed by atoms with Crippen LogP contribution in [0.1, 0.15) is 12.0 Å². The maximum atomic E-state index is 13.7. The number of thiocarbonyl (C=S) groups is 1. The summed E-state index contributed by atoms with van der Waals surface area (Å²) < 4.78 is 72.8. The fraction of sp³-hybridized carbons (Fsp3) is 0.333. The van der Waals surface area contributed by atoms with Crippen LogP contribution in [0.3, 0.4) is 0 Å². The second-order valence-electron chi connectivity index (χ2n) is 5.17. The van der Waals surface area contributed by atoms with Crippen LogP contribution < -0.4 is 10.6 Å². The number of benzene rings is 1. The Morgan fingerprint density at radius 3 is 2.35 bits per heavy atom. The molecule has 11 heteroatoms. The standard InChI is InChI=1S/C15H15F5N4OS/c1-25-6-2-4-21-15(26)22-9-3-5-24(23-9)7-8-10(16)12(18)14(20)13(19)11(8)17/h3,5H,2,4,6-7H2,1H3,(H2,21,22,23,26). The van der Waals surface area contributed by atoms with Crippen LogP contribution in [0, 0.1) is 29.1 Å². The van der Waals surface area contributed by atoms with Crippen molar-refractivity contribution in [3.63, 3.8) is 0 Å². The Morgan fingerprint density at radius 2 is 1.73 bits per heavy atom. The first-order chi connectivity index (χ1) is 12.3. The predicted molar refractivity (Wildman–Crippen MR) is 88.3 cm³/mol.